The minimum absolute atomic E-state index is 0.120. The summed E-state index contributed by atoms with van der Waals surface area (Å²) >= 11 is 0. The van der Waals surface area contributed by atoms with Crippen molar-refractivity contribution < 1.29 is 9.53 Å². The number of aromatic nitrogens is 1. The maximum atomic E-state index is 12.0. The van der Waals surface area contributed by atoms with Gasteiger partial charge in [-0.05, 0) is 55.8 Å². The number of ether oxygens (including phenoxy) is 1. The summed E-state index contributed by atoms with van der Waals surface area (Å²) in [6.07, 6.45) is 1.64. The molecule has 1 aromatic heterocycles. The van der Waals surface area contributed by atoms with Gasteiger partial charge in [-0.25, -0.2) is 0 Å². The van der Waals surface area contributed by atoms with Gasteiger partial charge < -0.3 is 14.2 Å². The number of hydrogen-bond acceptors (Lipinski definition) is 3. The number of methoxy groups -OCH3 is 1. The SMILES string of the molecule is COc1ccc(-n2c(C)cc(/C=C(/C#N)C(=O)N(C)C)c2C)cc1. The maximum absolute atomic E-state index is 12.0. The van der Waals surface area contributed by atoms with Crippen molar-refractivity contribution in [3.63, 3.8) is 0 Å². The number of aryl methyl sites for hydroxylation is 1. The summed E-state index contributed by atoms with van der Waals surface area (Å²) in [5, 5.41) is 9.26. The molecule has 0 fully saturated rings. The summed E-state index contributed by atoms with van der Waals surface area (Å²) in [6, 6.07) is 11.7. The Balaban J connectivity index is 2.49. The van der Waals surface area contributed by atoms with Crippen molar-refractivity contribution in [2.45, 2.75) is 13.8 Å². The van der Waals surface area contributed by atoms with Crippen molar-refractivity contribution in [3.8, 4) is 17.5 Å². The fraction of sp³-hybridized carbons (Fsp3) is 0.263. The first-order valence-electron chi connectivity index (χ1n) is 7.56. The zero-order chi connectivity index (χ0) is 17.9. The lowest BCUT2D eigenvalue weighted by Gasteiger charge is -2.11. The minimum Gasteiger partial charge on any atom is -0.497 e. The van der Waals surface area contributed by atoms with Gasteiger partial charge in [-0.15, -0.1) is 0 Å². The number of rotatable bonds is 4. The van der Waals surface area contributed by atoms with Gasteiger partial charge in [0.2, 0.25) is 0 Å². The fourth-order valence-corrected chi connectivity index (χ4v) is 2.60. The molecule has 0 saturated carbocycles. The first kappa shape index (κ1) is 17.4. The molecule has 24 heavy (non-hydrogen) atoms. The molecule has 0 bridgehead atoms. The third-order valence-electron chi connectivity index (χ3n) is 3.86. The van der Waals surface area contributed by atoms with E-state index in [1.807, 2.05) is 50.2 Å². The first-order chi connectivity index (χ1) is 11.4. The van der Waals surface area contributed by atoms with Crippen LogP contribution in [-0.4, -0.2) is 36.6 Å². The highest BCUT2D eigenvalue weighted by Gasteiger charge is 2.14. The van der Waals surface area contributed by atoms with E-state index < -0.39 is 0 Å². The van der Waals surface area contributed by atoms with Crippen molar-refractivity contribution in [1.29, 1.82) is 5.26 Å². The molecule has 0 aliphatic heterocycles. The molecule has 0 N–H and O–H groups in total. The zero-order valence-electron chi connectivity index (χ0n) is 14.6. The molecule has 1 heterocycles. The Kier molecular flexibility index (Phi) is 5.10. The van der Waals surface area contributed by atoms with E-state index in [2.05, 4.69) is 4.57 Å². The van der Waals surface area contributed by atoms with E-state index in [1.165, 1.54) is 4.90 Å². The molecule has 0 aliphatic rings. The van der Waals surface area contributed by atoms with E-state index in [0.29, 0.717) is 0 Å². The Morgan fingerprint density at radius 2 is 1.88 bits per heavy atom. The molecule has 0 aliphatic carbocycles. The molecule has 0 unspecified atom stereocenters. The highest BCUT2D eigenvalue weighted by Crippen LogP contribution is 2.24. The minimum atomic E-state index is -0.299. The number of carbonyl (C=O) groups excluding carboxylic acids is 1. The zero-order valence-corrected chi connectivity index (χ0v) is 14.6. The molecule has 0 saturated heterocycles. The predicted molar refractivity (Wildman–Crippen MR) is 94.1 cm³/mol. The van der Waals surface area contributed by atoms with Crippen LogP contribution in [0.5, 0.6) is 5.75 Å². The lowest BCUT2D eigenvalue weighted by Crippen LogP contribution is -2.22. The van der Waals surface area contributed by atoms with Gasteiger partial charge in [-0.1, -0.05) is 0 Å². The van der Waals surface area contributed by atoms with Crippen LogP contribution in [0.25, 0.3) is 11.8 Å². The topological polar surface area (TPSA) is 58.3 Å². The highest BCUT2D eigenvalue weighted by atomic mass is 16.5. The Morgan fingerprint density at radius 1 is 1.25 bits per heavy atom. The van der Waals surface area contributed by atoms with Crippen LogP contribution in [0.15, 0.2) is 35.9 Å². The largest absolute Gasteiger partial charge is 0.497 e. The molecule has 5 heteroatoms. The quantitative estimate of drug-likeness (QED) is 0.642. The van der Waals surface area contributed by atoms with Crippen molar-refractivity contribution in [2.24, 2.45) is 0 Å². The number of nitrogens with zero attached hydrogens (tertiary/aromatic N) is 3. The van der Waals surface area contributed by atoms with Crippen LogP contribution in [0, 0.1) is 25.2 Å². The van der Waals surface area contributed by atoms with Crippen LogP contribution in [0.3, 0.4) is 0 Å². The molecule has 1 amide bonds. The summed E-state index contributed by atoms with van der Waals surface area (Å²) in [5.74, 6) is 0.497. The Morgan fingerprint density at radius 3 is 2.38 bits per heavy atom. The van der Waals surface area contributed by atoms with Gasteiger partial charge in [0.15, 0.2) is 0 Å². The van der Waals surface area contributed by atoms with E-state index in [1.54, 1.807) is 27.3 Å². The van der Waals surface area contributed by atoms with E-state index in [0.717, 1.165) is 28.4 Å². The number of nitriles is 1. The lowest BCUT2D eigenvalue weighted by atomic mass is 10.1. The molecule has 0 atom stereocenters. The van der Waals surface area contributed by atoms with Crippen LogP contribution in [0.1, 0.15) is 17.0 Å². The number of amides is 1. The van der Waals surface area contributed by atoms with E-state index in [-0.39, 0.29) is 11.5 Å². The summed E-state index contributed by atoms with van der Waals surface area (Å²) in [6.45, 7) is 3.96. The average molecular weight is 323 g/mol. The van der Waals surface area contributed by atoms with Crippen LogP contribution in [0.4, 0.5) is 0 Å². The highest BCUT2D eigenvalue weighted by molar-refractivity contribution is 6.01. The Bertz CT molecular complexity index is 822. The van der Waals surface area contributed by atoms with Gasteiger partial charge in [0.25, 0.3) is 5.91 Å². The lowest BCUT2D eigenvalue weighted by molar-refractivity contribution is -0.124. The monoisotopic (exact) mass is 323 g/mol. The van der Waals surface area contributed by atoms with Gasteiger partial charge in [0.1, 0.15) is 17.4 Å². The summed E-state index contributed by atoms with van der Waals surface area (Å²) < 4.78 is 7.27. The van der Waals surface area contributed by atoms with Crippen molar-refractivity contribution in [1.82, 2.24) is 9.47 Å². The molecular weight excluding hydrogens is 302 g/mol. The van der Waals surface area contributed by atoms with Crippen LogP contribution in [-0.2, 0) is 4.79 Å². The standard InChI is InChI=1S/C19H21N3O2/c1-13-10-15(11-16(12-20)19(23)21(3)4)14(2)22(13)17-6-8-18(24-5)9-7-17/h6-11H,1-5H3/b16-11-. The fourth-order valence-electron chi connectivity index (χ4n) is 2.60. The molecule has 0 radical (unpaired) electrons. The second-order valence-corrected chi connectivity index (χ2v) is 5.73. The second-order valence-electron chi connectivity index (χ2n) is 5.73. The van der Waals surface area contributed by atoms with Crippen LogP contribution < -0.4 is 4.74 Å². The molecule has 124 valence electrons. The van der Waals surface area contributed by atoms with E-state index >= 15 is 0 Å². The Hall–Kier alpha value is -3.00. The van der Waals surface area contributed by atoms with Crippen LogP contribution >= 0.6 is 0 Å². The molecule has 5 nitrogen and oxygen atoms in total. The van der Waals surface area contributed by atoms with E-state index in [4.69, 9.17) is 4.74 Å². The van der Waals surface area contributed by atoms with E-state index in [9.17, 15) is 10.1 Å². The third kappa shape index (κ3) is 3.33. The molecule has 1 aromatic carbocycles. The number of benzene rings is 1. The average Bonchev–Trinajstić information content (AvgIpc) is 2.85. The second kappa shape index (κ2) is 7.05. The van der Waals surface area contributed by atoms with Crippen LogP contribution in [0.2, 0.25) is 0 Å². The Labute approximate surface area is 142 Å². The third-order valence-corrected chi connectivity index (χ3v) is 3.86. The predicted octanol–water partition coefficient (Wildman–Crippen LogP) is 3.10. The van der Waals surface area contributed by atoms with Crippen molar-refractivity contribution in [3.05, 3.63) is 52.9 Å². The molecule has 2 rings (SSSR count). The number of carbonyl (C=O) groups is 1. The summed E-state index contributed by atoms with van der Waals surface area (Å²) in [4.78, 5) is 13.4. The molecule has 2 aromatic rings. The number of hydrogen-bond donors (Lipinski definition) is 0. The van der Waals surface area contributed by atoms with Crippen molar-refractivity contribution in [2.75, 3.05) is 21.2 Å². The number of likely N-dealkylation sites (N-methyl/N-ethyl adjacent to an activating group) is 1. The summed E-state index contributed by atoms with van der Waals surface area (Å²) in [5.41, 5.74) is 3.98. The smallest absolute Gasteiger partial charge is 0.264 e. The van der Waals surface area contributed by atoms with Crippen molar-refractivity contribution >= 4 is 12.0 Å². The summed E-state index contributed by atoms with van der Waals surface area (Å²) in [7, 11) is 4.90. The first-order valence-corrected chi connectivity index (χ1v) is 7.56. The molecule has 0 spiro atoms. The van der Waals surface area contributed by atoms with Gasteiger partial charge in [0.05, 0.1) is 7.11 Å². The van der Waals surface area contributed by atoms with Gasteiger partial charge >= 0.3 is 0 Å². The molecular formula is C19H21N3O2. The maximum Gasteiger partial charge on any atom is 0.264 e. The van der Waals surface area contributed by atoms with Gasteiger partial charge in [-0.2, -0.15) is 5.26 Å². The normalized spacial score (nSPS) is 11.1. The van der Waals surface area contributed by atoms with Gasteiger partial charge in [-0.3, -0.25) is 4.79 Å². The van der Waals surface area contributed by atoms with Gasteiger partial charge in [0, 0.05) is 31.2 Å².